The molecule has 1 amide bonds. The smallest absolute Gasteiger partial charge is 0.220 e. The summed E-state index contributed by atoms with van der Waals surface area (Å²) in [4.78, 5) is 23.1. The molecule has 0 aliphatic heterocycles. The Morgan fingerprint density at radius 3 is 1.95 bits per heavy atom. The van der Waals surface area contributed by atoms with Gasteiger partial charge >= 0.3 is 0 Å². The summed E-state index contributed by atoms with van der Waals surface area (Å²) in [5.74, 6) is 0.223. The first-order valence-electron chi connectivity index (χ1n) is 7.78. The largest absolute Gasteiger partial charge is 0.346 e. The summed E-state index contributed by atoms with van der Waals surface area (Å²) < 4.78 is 0. The molecule has 0 aliphatic rings. The van der Waals surface area contributed by atoms with Gasteiger partial charge in [0.05, 0.1) is 6.04 Å². The second kappa shape index (κ2) is 11.0. The van der Waals surface area contributed by atoms with Crippen LogP contribution in [0.3, 0.4) is 0 Å². The van der Waals surface area contributed by atoms with Crippen LogP contribution in [0.25, 0.3) is 0 Å². The predicted octanol–water partition coefficient (Wildman–Crippen LogP) is 3.86. The van der Waals surface area contributed by atoms with Crippen molar-refractivity contribution in [2.24, 2.45) is 5.92 Å². The van der Waals surface area contributed by atoms with Gasteiger partial charge in [0.1, 0.15) is 0 Å². The number of carbonyl (C=O) groups is 2. The predicted molar refractivity (Wildman–Crippen MR) is 80.1 cm³/mol. The molecule has 1 atom stereocenters. The Bertz CT molecular complexity index is 261. The number of nitrogens with one attached hydrogen (secondary N) is 1. The minimum Gasteiger partial charge on any atom is -0.346 e. The zero-order valence-electron chi connectivity index (χ0n) is 13.1. The quantitative estimate of drug-likeness (QED) is 0.579. The molecule has 19 heavy (non-hydrogen) atoms. The molecule has 0 bridgehead atoms. The highest BCUT2D eigenvalue weighted by Gasteiger charge is 2.19. The Labute approximate surface area is 118 Å². The number of Topliss-reactive ketones (excluding diaryl/α,β-unsaturated/α-hetero) is 1. The van der Waals surface area contributed by atoms with E-state index in [2.05, 4.69) is 12.2 Å². The summed E-state index contributed by atoms with van der Waals surface area (Å²) in [6.07, 6.45) is 8.97. The number of rotatable bonds is 11. The minimum atomic E-state index is -0.322. The maximum atomic E-state index is 11.7. The van der Waals surface area contributed by atoms with Crippen LogP contribution in [-0.4, -0.2) is 17.7 Å². The number of carbonyl (C=O) groups excluding carboxylic acids is 2. The maximum absolute atomic E-state index is 11.7. The van der Waals surface area contributed by atoms with Crippen molar-refractivity contribution in [2.45, 2.75) is 85.1 Å². The highest BCUT2D eigenvalue weighted by atomic mass is 16.2. The van der Waals surface area contributed by atoms with Crippen molar-refractivity contribution < 1.29 is 9.59 Å². The van der Waals surface area contributed by atoms with Gasteiger partial charge in [-0.1, -0.05) is 59.3 Å². The Hall–Kier alpha value is -0.860. The monoisotopic (exact) mass is 269 g/mol. The molecule has 0 aromatic rings. The van der Waals surface area contributed by atoms with Crippen molar-refractivity contribution in [2.75, 3.05) is 0 Å². The first-order chi connectivity index (χ1) is 8.99. The van der Waals surface area contributed by atoms with Crippen molar-refractivity contribution in [1.29, 1.82) is 0 Å². The van der Waals surface area contributed by atoms with Crippen LogP contribution in [0.1, 0.15) is 79.1 Å². The lowest BCUT2D eigenvalue weighted by atomic mass is 10.0. The number of hydrogen-bond acceptors (Lipinski definition) is 2. The Morgan fingerprint density at radius 1 is 0.947 bits per heavy atom. The zero-order valence-corrected chi connectivity index (χ0v) is 13.1. The van der Waals surface area contributed by atoms with Gasteiger partial charge in [-0.05, 0) is 19.3 Å². The van der Waals surface area contributed by atoms with Gasteiger partial charge in [-0.3, -0.25) is 9.59 Å². The van der Waals surface area contributed by atoms with E-state index >= 15 is 0 Å². The molecule has 0 unspecified atom stereocenters. The van der Waals surface area contributed by atoms with Gasteiger partial charge in [0.15, 0.2) is 5.78 Å². The van der Waals surface area contributed by atoms with E-state index in [-0.39, 0.29) is 23.7 Å². The van der Waals surface area contributed by atoms with E-state index in [1.54, 1.807) is 6.92 Å². The highest BCUT2D eigenvalue weighted by molar-refractivity contribution is 5.87. The fourth-order valence-corrected chi connectivity index (χ4v) is 2.23. The van der Waals surface area contributed by atoms with E-state index in [4.69, 9.17) is 0 Å². The lowest BCUT2D eigenvalue weighted by Crippen LogP contribution is -2.43. The van der Waals surface area contributed by atoms with E-state index < -0.39 is 0 Å². The molecule has 0 aromatic carbocycles. The van der Waals surface area contributed by atoms with Crippen molar-refractivity contribution in [3.63, 3.8) is 0 Å². The number of hydrogen-bond donors (Lipinski definition) is 1. The van der Waals surface area contributed by atoms with Crippen LogP contribution in [0.4, 0.5) is 0 Å². The summed E-state index contributed by atoms with van der Waals surface area (Å²) in [7, 11) is 0. The van der Waals surface area contributed by atoms with E-state index in [0.29, 0.717) is 6.42 Å². The van der Waals surface area contributed by atoms with Gasteiger partial charge in [-0.15, -0.1) is 0 Å². The van der Waals surface area contributed by atoms with Crippen LogP contribution in [0.2, 0.25) is 0 Å². The van der Waals surface area contributed by atoms with Crippen LogP contribution in [0.5, 0.6) is 0 Å². The SMILES string of the molecule is CCCCCCCCCC(=O)N[C@H](C(C)=O)C(C)C. The molecule has 112 valence electrons. The highest BCUT2D eigenvalue weighted by Crippen LogP contribution is 2.09. The van der Waals surface area contributed by atoms with E-state index in [1.807, 2.05) is 13.8 Å². The third kappa shape index (κ3) is 9.69. The van der Waals surface area contributed by atoms with Gasteiger partial charge in [0.25, 0.3) is 0 Å². The summed E-state index contributed by atoms with van der Waals surface area (Å²) in [5, 5.41) is 2.84. The molecule has 0 saturated heterocycles. The third-order valence-electron chi connectivity index (χ3n) is 3.43. The van der Waals surface area contributed by atoms with Crippen LogP contribution >= 0.6 is 0 Å². The van der Waals surface area contributed by atoms with E-state index in [9.17, 15) is 9.59 Å². The summed E-state index contributed by atoms with van der Waals surface area (Å²) >= 11 is 0. The normalized spacial score (nSPS) is 12.5. The Morgan fingerprint density at radius 2 is 1.47 bits per heavy atom. The minimum absolute atomic E-state index is 0.0162. The number of unbranched alkanes of at least 4 members (excludes halogenated alkanes) is 6. The molecule has 0 spiro atoms. The van der Waals surface area contributed by atoms with Gasteiger partial charge < -0.3 is 5.32 Å². The second-order valence-corrected chi connectivity index (χ2v) is 5.77. The fourth-order valence-electron chi connectivity index (χ4n) is 2.23. The van der Waals surface area contributed by atoms with Crippen LogP contribution in [0.15, 0.2) is 0 Å². The average Bonchev–Trinajstić information content (AvgIpc) is 2.34. The first-order valence-corrected chi connectivity index (χ1v) is 7.78. The molecule has 0 radical (unpaired) electrons. The van der Waals surface area contributed by atoms with Crippen LogP contribution in [0, 0.1) is 5.92 Å². The van der Waals surface area contributed by atoms with Gasteiger partial charge in [-0.25, -0.2) is 0 Å². The molecule has 0 rings (SSSR count). The fraction of sp³-hybridized carbons (Fsp3) is 0.875. The molecular formula is C16H31NO2. The van der Waals surface area contributed by atoms with E-state index in [0.717, 1.165) is 12.8 Å². The molecule has 0 heterocycles. The number of amides is 1. The molecule has 0 fully saturated rings. The lowest BCUT2D eigenvalue weighted by Gasteiger charge is -2.19. The van der Waals surface area contributed by atoms with Gasteiger partial charge in [0.2, 0.25) is 5.91 Å². The Balaban J connectivity index is 3.66. The maximum Gasteiger partial charge on any atom is 0.220 e. The van der Waals surface area contributed by atoms with Crippen molar-refractivity contribution in [1.82, 2.24) is 5.32 Å². The molecule has 0 aromatic heterocycles. The van der Waals surface area contributed by atoms with Crippen molar-refractivity contribution in [3.8, 4) is 0 Å². The zero-order chi connectivity index (χ0) is 14.7. The van der Waals surface area contributed by atoms with Crippen LogP contribution in [-0.2, 0) is 9.59 Å². The first kappa shape index (κ1) is 18.1. The molecule has 0 saturated carbocycles. The van der Waals surface area contributed by atoms with Crippen molar-refractivity contribution >= 4 is 11.7 Å². The second-order valence-electron chi connectivity index (χ2n) is 5.77. The average molecular weight is 269 g/mol. The molecule has 3 heteroatoms. The van der Waals surface area contributed by atoms with Crippen molar-refractivity contribution in [3.05, 3.63) is 0 Å². The molecule has 3 nitrogen and oxygen atoms in total. The van der Waals surface area contributed by atoms with E-state index in [1.165, 1.54) is 32.1 Å². The standard InChI is InChI=1S/C16H31NO2/c1-5-6-7-8-9-10-11-12-15(19)17-16(13(2)3)14(4)18/h13,16H,5-12H2,1-4H3,(H,17,19)/t16-/m0/s1. The summed E-state index contributed by atoms with van der Waals surface area (Å²) in [6.45, 7) is 7.67. The molecule has 1 N–H and O–H groups in total. The number of ketones is 1. The van der Waals surface area contributed by atoms with Gasteiger partial charge in [0, 0.05) is 6.42 Å². The lowest BCUT2D eigenvalue weighted by molar-refractivity contribution is -0.127. The molecular weight excluding hydrogens is 238 g/mol. The Kier molecular flexibility index (Phi) is 10.5. The van der Waals surface area contributed by atoms with Crippen LogP contribution < -0.4 is 5.32 Å². The third-order valence-corrected chi connectivity index (χ3v) is 3.43. The van der Waals surface area contributed by atoms with Gasteiger partial charge in [-0.2, -0.15) is 0 Å². The topological polar surface area (TPSA) is 46.2 Å². The summed E-state index contributed by atoms with van der Waals surface area (Å²) in [6, 6.07) is -0.322. The summed E-state index contributed by atoms with van der Waals surface area (Å²) in [5.41, 5.74) is 0. The molecule has 0 aliphatic carbocycles.